The Morgan fingerprint density at radius 1 is 1.33 bits per heavy atom. The molecule has 0 aliphatic heterocycles. The average Bonchev–Trinajstić information content (AvgIpc) is 2.28. The van der Waals surface area contributed by atoms with Crippen molar-refractivity contribution in [3.63, 3.8) is 0 Å². The molecule has 0 amide bonds. The predicted octanol–water partition coefficient (Wildman–Crippen LogP) is -0.667. The van der Waals surface area contributed by atoms with Crippen molar-refractivity contribution >= 4 is 0 Å². The van der Waals surface area contributed by atoms with E-state index in [1.54, 1.807) is 20.2 Å². The molecule has 1 heterocycles. The number of hydrogen-bond acceptors (Lipinski definition) is 4. The molecule has 102 valence electrons. The SMILES string of the molecule is CC(O)CC(C)NCc1cn(C)c(=O)n(C)c1=O. The molecule has 0 saturated heterocycles. The molecular weight excluding hydrogens is 234 g/mol. The number of rotatable bonds is 5. The van der Waals surface area contributed by atoms with Gasteiger partial charge in [0.25, 0.3) is 5.56 Å². The number of aliphatic hydroxyl groups is 1. The van der Waals surface area contributed by atoms with Gasteiger partial charge in [0.2, 0.25) is 0 Å². The Hall–Kier alpha value is -1.40. The molecule has 0 radical (unpaired) electrons. The summed E-state index contributed by atoms with van der Waals surface area (Å²) in [6, 6.07) is 0.104. The fraction of sp³-hybridized carbons (Fsp3) is 0.667. The third-order valence-electron chi connectivity index (χ3n) is 2.85. The summed E-state index contributed by atoms with van der Waals surface area (Å²) < 4.78 is 2.48. The van der Waals surface area contributed by atoms with Crippen LogP contribution in [0.1, 0.15) is 25.8 Å². The molecule has 0 aromatic carbocycles. The van der Waals surface area contributed by atoms with Crippen molar-refractivity contribution < 1.29 is 5.11 Å². The van der Waals surface area contributed by atoms with Crippen LogP contribution in [0.15, 0.2) is 15.8 Å². The number of nitrogens with zero attached hydrogens (tertiary/aromatic N) is 2. The van der Waals surface area contributed by atoms with Crippen LogP contribution < -0.4 is 16.6 Å². The van der Waals surface area contributed by atoms with E-state index >= 15 is 0 Å². The summed E-state index contributed by atoms with van der Waals surface area (Å²) in [7, 11) is 3.08. The Balaban J connectivity index is 2.81. The summed E-state index contributed by atoms with van der Waals surface area (Å²) >= 11 is 0. The molecule has 0 spiro atoms. The summed E-state index contributed by atoms with van der Waals surface area (Å²) in [4.78, 5) is 23.3. The van der Waals surface area contributed by atoms with Gasteiger partial charge in [-0.1, -0.05) is 0 Å². The lowest BCUT2D eigenvalue weighted by Gasteiger charge is -2.15. The zero-order chi connectivity index (χ0) is 13.9. The molecule has 0 aliphatic carbocycles. The van der Waals surface area contributed by atoms with Crippen LogP contribution in [0.5, 0.6) is 0 Å². The summed E-state index contributed by atoms with van der Waals surface area (Å²) in [6.07, 6.45) is 1.79. The molecule has 0 fully saturated rings. The number of aromatic nitrogens is 2. The van der Waals surface area contributed by atoms with Crippen molar-refractivity contribution in [2.24, 2.45) is 14.1 Å². The second-order valence-corrected chi connectivity index (χ2v) is 4.78. The molecule has 2 unspecified atom stereocenters. The van der Waals surface area contributed by atoms with Gasteiger partial charge in [-0.15, -0.1) is 0 Å². The van der Waals surface area contributed by atoms with Gasteiger partial charge in [-0.3, -0.25) is 9.36 Å². The van der Waals surface area contributed by atoms with Crippen LogP contribution in [-0.2, 0) is 20.6 Å². The van der Waals surface area contributed by atoms with Crippen molar-refractivity contribution in [3.05, 3.63) is 32.6 Å². The second kappa shape index (κ2) is 5.97. The highest BCUT2D eigenvalue weighted by Gasteiger charge is 2.09. The van der Waals surface area contributed by atoms with Crippen molar-refractivity contribution in [1.29, 1.82) is 0 Å². The zero-order valence-corrected chi connectivity index (χ0v) is 11.3. The molecule has 6 nitrogen and oxygen atoms in total. The molecule has 1 aromatic heterocycles. The molecule has 0 aliphatic rings. The summed E-state index contributed by atoms with van der Waals surface area (Å²) in [6.45, 7) is 4.05. The maximum absolute atomic E-state index is 11.8. The van der Waals surface area contributed by atoms with Gasteiger partial charge in [0.1, 0.15) is 0 Å². The first-order valence-electron chi connectivity index (χ1n) is 6.00. The summed E-state index contributed by atoms with van der Waals surface area (Å²) in [5.41, 5.74) is -0.0762. The lowest BCUT2D eigenvalue weighted by molar-refractivity contribution is 0.170. The number of aryl methyl sites for hydroxylation is 1. The molecule has 1 rings (SSSR count). The van der Waals surface area contributed by atoms with E-state index < -0.39 is 0 Å². The molecule has 0 saturated carbocycles. The van der Waals surface area contributed by atoms with Crippen molar-refractivity contribution in [2.45, 2.75) is 39.0 Å². The number of hydrogen-bond donors (Lipinski definition) is 2. The Morgan fingerprint density at radius 3 is 2.50 bits per heavy atom. The number of aliphatic hydroxyl groups excluding tert-OH is 1. The van der Waals surface area contributed by atoms with Gasteiger partial charge in [0, 0.05) is 38.4 Å². The standard InChI is InChI=1S/C12H21N3O3/c1-8(5-9(2)16)13-6-10-7-14(3)12(18)15(4)11(10)17/h7-9,13,16H,5-6H2,1-4H3. The van der Waals surface area contributed by atoms with Crippen molar-refractivity contribution in [2.75, 3.05) is 0 Å². The van der Waals surface area contributed by atoms with Crippen LogP contribution >= 0.6 is 0 Å². The summed E-state index contributed by atoms with van der Waals surface area (Å²) in [5.74, 6) is 0. The highest BCUT2D eigenvalue weighted by molar-refractivity contribution is 5.05. The molecule has 18 heavy (non-hydrogen) atoms. The van der Waals surface area contributed by atoms with E-state index in [-0.39, 0.29) is 23.4 Å². The van der Waals surface area contributed by atoms with Crippen LogP contribution in [0.3, 0.4) is 0 Å². The van der Waals surface area contributed by atoms with E-state index in [0.717, 1.165) is 4.57 Å². The van der Waals surface area contributed by atoms with Crippen molar-refractivity contribution in [3.8, 4) is 0 Å². The van der Waals surface area contributed by atoms with Crippen LogP contribution in [0, 0.1) is 0 Å². The average molecular weight is 255 g/mol. The van der Waals surface area contributed by atoms with E-state index in [9.17, 15) is 14.7 Å². The van der Waals surface area contributed by atoms with E-state index in [2.05, 4.69) is 5.32 Å². The molecule has 0 bridgehead atoms. The molecule has 2 N–H and O–H groups in total. The molecule has 2 atom stereocenters. The van der Waals surface area contributed by atoms with Gasteiger partial charge in [0.05, 0.1) is 6.10 Å². The maximum atomic E-state index is 11.8. The van der Waals surface area contributed by atoms with Crippen LogP contribution in [0.2, 0.25) is 0 Å². The van der Waals surface area contributed by atoms with Crippen molar-refractivity contribution in [1.82, 2.24) is 14.5 Å². The fourth-order valence-electron chi connectivity index (χ4n) is 1.88. The Kier molecular flexibility index (Phi) is 4.86. The van der Waals surface area contributed by atoms with Crippen LogP contribution in [0.25, 0.3) is 0 Å². The van der Waals surface area contributed by atoms with Gasteiger partial charge in [-0.2, -0.15) is 0 Å². The highest BCUT2D eigenvalue weighted by atomic mass is 16.3. The minimum Gasteiger partial charge on any atom is -0.393 e. The van der Waals surface area contributed by atoms with E-state index in [4.69, 9.17) is 0 Å². The predicted molar refractivity (Wildman–Crippen MR) is 69.5 cm³/mol. The molecule has 1 aromatic rings. The lowest BCUT2D eigenvalue weighted by atomic mass is 10.1. The largest absolute Gasteiger partial charge is 0.393 e. The first-order valence-corrected chi connectivity index (χ1v) is 6.00. The molecule has 6 heteroatoms. The fourth-order valence-corrected chi connectivity index (χ4v) is 1.88. The Bertz CT molecular complexity index is 516. The number of nitrogens with one attached hydrogen (secondary N) is 1. The maximum Gasteiger partial charge on any atom is 0.330 e. The second-order valence-electron chi connectivity index (χ2n) is 4.78. The first kappa shape index (κ1) is 14.7. The minimum absolute atomic E-state index is 0.104. The van der Waals surface area contributed by atoms with E-state index in [0.29, 0.717) is 18.5 Å². The van der Waals surface area contributed by atoms with E-state index in [1.165, 1.54) is 11.6 Å². The van der Waals surface area contributed by atoms with Gasteiger partial charge in [0.15, 0.2) is 0 Å². The van der Waals surface area contributed by atoms with E-state index in [1.807, 2.05) is 6.92 Å². The quantitative estimate of drug-likeness (QED) is 0.732. The zero-order valence-electron chi connectivity index (χ0n) is 11.3. The summed E-state index contributed by atoms with van der Waals surface area (Å²) in [5, 5.41) is 12.4. The van der Waals surface area contributed by atoms with Crippen LogP contribution in [-0.4, -0.2) is 26.4 Å². The molecular formula is C12H21N3O3. The monoisotopic (exact) mass is 255 g/mol. The Morgan fingerprint density at radius 2 is 1.94 bits per heavy atom. The highest BCUT2D eigenvalue weighted by Crippen LogP contribution is 1.98. The van der Waals surface area contributed by atoms with Gasteiger partial charge >= 0.3 is 5.69 Å². The first-order chi connectivity index (χ1) is 8.32. The van der Waals surface area contributed by atoms with Gasteiger partial charge < -0.3 is 15.0 Å². The lowest BCUT2D eigenvalue weighted by Crippen LogP contribution is -2.40. The van der Waals surface area contributed by atoms with Crippen LogP contribution in [0.4, 0.5) is 0 Å². The minimum atomic E-state index is -0.379. The Labute approximate surface area is 106 Å². The third kappa shape index (κ3) is 3.54. The topological polar surface area (TPSA) is 76.3 Å². The van der Waals surface area contributed by atoms with Gasteiger partial charge in [-0.25, -0.2) is 4.79 Å². The third-order valence-corrected chi connectivity index (χ3v) is 2.85. The smallest absolute Gasteiger partial charge is 0.330 e. The van der Waals surface area contributed by atoms with Gasteiger partial charge in [-0.05, 0) is 20.3 Å². The normalized spacial score (nSPS) is 14.5.